The molecule has 0 bridgehead atoms. The summed E-state index contributed by atoms with van der Waals surface area (Å²) in [5.74, 6) is 1.31. The van der Waals surface area contributed by atoms with Crippen LogP contribution in [0.25, 0.3) is 0 Å². The van der Waals surface area contributed by atoms with Crippen LogP contribution in [0.2, 0.25) is 0 Å². The molecule has 0 aliphatic carbocycles. The Morgan fingerprint density at radius 1 is 0.793 bits per heavy atom. The van der Waals surface area contributed by atoms with Crippen LogP contribution >= 0.6 is 0 Å². The van der Waals surface area contributed by atoms with Gasteiger partial charge in [-0.3, -0.25) is 0 Å². The molecular formula is C27H33NO. The smallest absolute Gasteiger partial charge is 0.119 e. The highest BCUT2D eigenvalue weighted by Gasteiger charge is 2.37. The molecule has 3 aromatic rings. The Labute approximate surface area is 176 Å². The summed E-state index contributed by atoms with van der Waals surface area (Å²) in [4.78, 5) is 2.13. The predicted molar refractivity (Wildman–Crippen MR) is 123 cm³/mol. The Bertz CT molecular complexity index is 858. The van der Waals surface area contributed by atoms with E-state index in [-0.39, 0.29) is 5.41 Å². The topological polar surface area (TPSA) is 12.5 Å². The Kier molecular flexibility index (Phi) is 7.11. The van der Waals surface area contributed by atoms with Gasteiger partial charge in [-0.25, -0.2) is 0 Å². The number of hydrogen-bond donors (Lipinski definition) is 0. The maximum atomic E-state index is 5.92. The van der Waals surface area contributed by atoms with E-state index in [9.17, 15) is 0 Å². The van der Waals surface area contributed by atoms with Gasteiger partial charge in [0.2, 0.25) is 0 Å². The first kappa shape index (κ1) is 21.1. The van der Waals surface area contributed by atoms with Crippen molar-refractivity contribution in [1.29, 1.82) is 0 Å². The van der Waals surface area contributed by atoms with Crippen molar-refractivity contribution in [3.8, 4) is 5.75 Å². The molecule has 3 rings (SSSR count). The Hall–Kier alpha value is -2.58. The van der Waals surface area contributed by atoms with Gasteiger partial charge >= 0.3 is 0 Å². The molecule has 0 spiro atoms. The third-order valence-corrected chi connectivity index (χ3v) is 5.94. The molecule has 2 nitrogen and oxygen atoms in total. The highest BCUT2D eigenvalue weighted by atomic mass is 16.5. The lowest BCUT2D eigenvalue weighted by Gasteiger charge is -2.39. The fourth-order valence-electron chi connectivity index (χ4n) is 4.26. The average Bonchev–Trinajstić information content (AvgIpc) is 2.76. The summed E-state index contributed by atoms with van der Waals surface area (Å²) in [5.41, 5.74) is 3.92. The monoisotopic (exact) mass is 387 g/mol. The minimum atomic E-state index is -0.125. The Morgan fingerprint density at radius 2 is 1.34 bits per heavy atom. The summed E-state index contributed by atoms with van der Waals surface area (Å²) in [6, 6.07) is 30.5. The van der Waals surface area contributed by atoms with Gasteiger partial charge in [0.05, 0.1) is 0 Å². The summed E-state index contributed by atoms with van der Waals surface area (Å²) in [6.45, 7) is 6.28. The van der Waals surface area contributed by atoms with Gasteiger partial charge in [0, 0.05) is 12.0 Å². The van der Waals surface area contributed by atoms with Gasteiger partial charge in [-0.05, 0) is 55.3 Å². The van der Waals surface area contributed by atoms with Crippen LogP contribution in [0.1, 0.15) is 42.9 Å². The lowest BCUT2D eigenvalue weighted by atomic mass is 9.64. The Morgan fingerprint density at radius 3 is 1.90 bits per heavy atom. The van der Waals surface area contributed by atoms with E-state index in [2.05, 4.69) is 118 Å². The molecule has 2 atom stereocenters. The SMILES string of the molecule is CCC(c1ccccc1)C(C)(c1ccccc1)c1ccc(OCCN(C)C)cc1. The molecule has 152 valence electrons. The van der Waals surface area contributed by atoms with E-state index in [1.54, 1.807) is 0 Å². The van der Waals surface area contributed by atoms with Gasteiger partial charge in [0.1, 0.15) is 12.4 Å². The van der Waals surface area contributed by atoms with Crippen LogP contribution in [0.5, 0.6) is 5.75 Å². The second-order valence-electron chi connectivity index (χ2n) is 8.12. The second kappa shape index (κ2) is 9.76. The molecular weight excluding hydrogens is 354 g/mol. The molecule has 0 saturated carbocycles. The van der Waals surface area contributed by atoms with Crippen molar-refractivity contribution >= 4 is 0 Å². The van der Waals surface area contributed by atoms with Crippen molar-refractivity contribution in [2.24, 2.45) is 0 Å². The minimum absolute atomic E-state index is 0.125. The zero-order valence-corrected chi connectivity index (χ0v) is 18.1. The lowest BCUT2D eigenvalue weighted by molar-refractivity contribution is 0.261. The van der Waals surface area contributed by atoms with E-state index < -0.39 is 0 Å². The van der Waals surface area contributed by atoms with Gasteiger partial charge < -0.3 is 9.64 Å². The summed E-state index contributed by atoms with van der Waals surface area (Å²) in [7, 11) is 4.12. The lowest BCUT2D eigenvalue weighted by Crippen LogP contribution is -2.31. The van der Waals surface area contributed by atoms with Crippen molar-refractivity contribution in [2.45, 2.75) is 31.6 Å². The maximum Gasteiger partial charge on any atom is 0.119 e. The number of rotatable bonds is 9. The Balaban J connectivity index is 1.98. The van der Waals surface area contributed by atoms with Gasteiger partial charge in [-0.2, -0.15) is 0 Å². The van der Waals surface area contributed by atoms with Gasteiger partial charge in [-0.15, -0.1) is 0 Å². The number of likely N-dealkylation sites (N-methyl/N-ethyl adjacent to an activating group) is 1. The third-order valence-electron chi connectivity index (χ3n) is 5.94. The zero-order valence-electron chi connectivity index (χ0n) is 18.1. The standard InChI is InChI=1S/C27H33NO/c1-5-26(22-12-8-6-9-13-22)27(2,23-14-10-7-11-15-23)24-16-18-25(19-17-24)29-21-20-28(3)4/h6-19,26H,5,20-21H2,1-4H3. The van der Waals surface area contributed by atoms with Gasteiger partial charge in [-0.1, -0.05) is 86.6 Å². The first-order chi connectivity index (χ1) is 14.1. The van der Waals surface area contributed by atoms with Crippen LogP contribution < -0.4 is 4.74 Å². The van der Waals surface area contributed by atoms with Crippen LogP contribution in [0.4, 0.5) is 0 Å². The van der Waals surface area contributed by atoms with Crippen LogP contribution in [0.15, 0.2) is 84.9 Å². The number of nitrogens with zero attached hydrogens (tertiary/aromatic N) is 1. The van der Waals surface area contributed by atoms with Crippen LogP contribution in [-0.4, -0.2) is 32.1 Å². The minimum Gasteiger partial charge on any atom is -0.492 e. The summed E-state index contributed by atoms with van der Waals surface area (Å²) in [5, 5.41) is 0. The van der Waals surface area contributed by atoms with Crippen molar-refractivity contribution in [2.75, 3.05) is 27.2 Å². The first-order valence-corrected chi connectivity index (χ1v) is 10.5. The number of hydrogen-bond acceptors (Lipinski definition) is 2. The van der Waals surface area contributed by atoms with E-state index in [0.29, 0.717) is 12.5 Å². The van der Waals surface area contributed by atoms with Crippen molar-refractivity contribution in [3.63, 3.8) is 0 Å². The second-order valence-corrected chi connectivity index (χ2v) is 8.12. The quantitative estimate of drug-likeness (QED) is 0.438. The molecule has 29 heavy (non-hydrogen) atoms. The summed E-state index contributed by atoms with van der Waals surface area (Å²) in [6.07, 6.45) is 1.07. The van der Waals surface area contributed by atoms with Crippen LogP contribution in [-0.2, 0) is 5.41 Å². The van der Waals surface area contributed by atoms with E-state index in [1.165, 1.54) is 16.7 Å². The molecule has 0 aromatic heterocycles. The summed E-state index contributed by atoms with van der Waals surface area (Å²) < 4.78 is 5.92. The average molecular weight is 388 g/mol. The largest absolute Gasteiger partial charge is 0.492 e. The van der Waals surface area contributed by atoms with Crippen molar-refractivity contribution in [1.82, 2.24) is 4.90 Å². The summed E-state index contributed by atoms with van der Waals surface area (Å²) >= 11 is 0. The van der Waals surface area contributed by atoms with Gasteiger partial charge in [0.15, 0.2) is 0 Å². The van der Waals surface area contributed by atoms with Crippen molar-refractivity contribution < 1.29 is 4.74 Å². The molecule has 0 heterocycles. The van der Waals surface area contributed by atoms with Crippen LogP contribution in [0.3, 0.4) is 0 Å². The molecule has 0 amide bonds. The van der Waals surface area contributed by atoms with Gasteiger partial charge in [0.25, 0.3) is 0 Å². The molecule has 0 N–H and O–H groups in total. The molecule has 0 fully saturated rings. The van der Waals surface area contributed by atoms with E-state index in [4.69, 9.17) is 4.74 Å². The normalized spacial score (nSPS) is 14.4. The van der Waals surface area contributed by atoms with Crippen LogP contribution in [0, 0.1) is 0 Å². The van der Waals surface area contributed by atoms with E-state index >= 15 is 0 Å². The maximum absolute atomic E-state index is 5.92. The molecule has 2 heteroatoms. The number of benzene rings is 3. The predicted octanol–water partition coefficient (Wildman–Crippen LogP) is 6.13. The third kappa shape index (κ3) is 4.89. The van der Waals surface area contributed by atoms with E-state index in [0.717, 1.165) is 18.7 Å². The fourth-order valence-corrected chi connectivity index (χ4v) is 4.26. The van der Waals surface area contributed by atoms with Crippen molar-refractivity contribution in [3.05, 3.63) is 102 Å². The highest BCUT2D eigenvalue weighted by Crippen LogP contribution is 2.46. The molecule has 0 aliphatic heterocycles. The zero-order chi connectivity index (χ0) is 20.7. The molecule has 0 saturated heterocycles. The molecule has 0 radical (unpaired) electrons. The molecule has 0 aliphatic rings. The highest BCUT2D eigenvalue weighted by molar-refractivity contribution is 5.45. The first-order valence-electron chi connectivity index (χ1n) is 10.5. The van der Waals surface area contributed by atoms with E-state index in [1.807, 2.05) is 0 Å². The molecule has 3 aromatic carbocycles. The molecule has 2 unspecified atom stereocenters. The number of ether oxygens (including phenoxy) is 1. The fraction of sp³-hybridized carbons (Fsp3) is 0.333.